The first kappa shape index (κ1) is 13.5. The summed E-state index contributed by atoms with van der Waals surface area (Å²) >= 11 is 0. The Morgan fingerprint density at radius 3 is 2.59 bits per heavy atom. The third-order valence-corrected chi connectivity index (χ3v) is 2.23. The van der Waals surface area contributed by atoms with Crippen molar-refractivity contribution in [3.63, 3.8) is 0 Å². The molecule has 17 heavy (non-hydrogen) atoms. The van der Waals surface area contributed by atoms with Crippen LogP contribution in [0.25, 0.3) is 0 Å². The van der Waals surface area contributed by atoms with Gasteiger partial charge in [-0.1, -0.05) is 0 Å². The molecule has 0 N–H and O–H groups in total. The Hall–Kier alpha value is -1.58. The normalized spacial score (nSPS) is 10.4. The van der Waals surface area contributed by atoms with Crippen LogP contribution in [0.15, 0.2) is 12.1 Å². The lowest BCUT2D eigenvalue weighted by atomic mass is 10.1. The quantitative estimate of drug-likeness (QED) is 0.717. The number of rotatable bonds is 6. The number of carbonyl (C=O) groups is 1. The highest BCUT2D eigenvalue weighted by atomic mass is 19.1. The molecule has 3 nitrogen and oxygen atoms in total. The van der Waals surface area contributed by atoms with Crippen molar-refractivity contribution >= 4 is 6.29 Å². The van der Waals surface area contributed by atoms with E-state index in [1.807, 2.05) is 13.8 Å². The van der Waals surface area contributed by atoms with Crippen LogP contribution in [-0.2, 0) is 11.2 Å². The Morgan fingerprint density at radius 2 is 2.06 bits per heavy atom. The Bertz CT molecular complexity index is 388. The zero-order valence-corrected chi connectivity index (χ0v) is 10.3. The lowest BCUT2D eigenvalue weighted by Gasteiger charge is -2.15. The van der Waals surface area contributed by atoms with Crippen LogP contribution in [0.2, 0.25) is 0 Å². The van der Waals surface area contributed by atoms with Gasteiger partial charge in [-0.05, 0) is 31.9 Å². The molecule has 0 fully saturated rings. The topological polar surface area (TPSA) is 35.5 Å². The summed E-state index contributed by atoms with van der Waals surface area (Å²) in [6, 6.07) is 2.88. The fraction of sp³-hybridized carbons (Fsp3) is 0.462. The van der Waals surface area contributed by atoms with E-state index in [1.165, 1.54) is 13.2 Å². The standard InChI is InChI=1S/C13H17FO3/c1-9(2)17-13-7-10(5-4-6-15)11(14)8-12(13)16-3/h6-9H,4-5H2,1-3H3. The molecular formula is C13H17FO3. The summed E-state index contributed by atoms with van der Waals surface area (Å²) in [5, 5.41) is 0. The molecule has 0 aromatic heterocycles. The molecule has 0 unspecified atom stereocenters. The van der Waals surface area contributed by atoms with Gasteiger partial charge in [0.1, 0.15) is 12.1 Å². The molecule has 1 aromatic rings. The summed E-state index contributed by atoms with van der Waals surface area (Å²) < 4.78 is 24.2. The molecular weight excluding hydrogens is 223 g/mol. The third-order valence-electron chi connectivity index (χ3n) is 2.23. The lowest BCUT2D eigenvalue weighted by Crippen LogP contribution is -2.08. The summed E-state index contributed by atoms with van der Waals surface area (Å²) in [4.78, 5) is 10.3. The lowest BCUT2D eigenvalue weighted by molar-refractivity contribution is -0.107. The second kappa shape index (κ2) is 6.23. The van der Waals surface area contributed by atoms with E-state index in [1.54, 1.807) is 6.07 Å². The number of aldehydes is 1. The van der Waals surface area contributed by atoms with Crippen molar-refractivity contribution in [2.24, 2.45) is 0 Å². The molecule has 1 aromatic carbocycles. The van der Waals surface area contributed by atoms with Gasteiger partial charge in [0.05, 0.1) is 13.2 Å². The number of methoxy groups -OCH3 is 1. The zero-order chi connectivity index (χ0) is 12.8. The maximum Gasteiger partial charge on any atom is 0.163 e. The van der Waals surface area contributed by atoms with Gasteiger partial charge in [-0.2, -0.15) is 0 Å². The van der Waals surface area contributed by atoms with Gasteiger partial charge in [0.25, 0.3) is 0 Å². The highest BCUT2D eigenvalue weighted by Gasteiger charge is 2.12. The SMILES string of the molecule is COc1cc(F)c(CCC=O)cc1OC(C)C. The van der Waals surface area contributed by atoms with E-state index in [-0.39, 0.29) is 11.9 Å². The molecule has 0 atom stereocenters. The maximum absolute atomic E-state index is 13.6. The first-order valence-corrected chi connectivity index (χ1v) is 5.55. The van der Waals surface area contributed by atoms with E-state index in [2.05, 4.69) is 0 Å². The summed E-state index contributed by atoms with van der Waals surface area (Å²) in [5.74, 6) is 0.496. The summed E-state index contributed by atoms with van der Waals surface area (Å²) in [6.45, 7) is 3.77. The second-order valence-corrected chi connectivity index (χ2v) is 3.97. The molecule has 1 rings (SSSR count). The van der Waals surface area contributed by atoms with Gasteiger partial charge in [-0.15, -0.1) is 0 Å². The largest absolute Gasteiger partial charge is 0.493 e. The molecule has 0 aliphatic carbocycles. The zero-order valence-electron chi connectivity index (χ0n) is 10.3. The summed E-state index contributed by atoms with van der Waals surface area (Å²) in [6.07, 6.45) is 1.42. The van der Waals surface area contributed by atoms with Crippen LogP contribution in [0.5, 0.6) is 11.5 Å². The second-order valence-electron chi connectivity index (χ2n) is 3.97. The van der Waals surface area contributed by atoms with Crippen molar-refractivity contribution in [3.8, 4) is 11.5 Å². The third kappa shape index (κ3) is 3.73. The number of hydrogen-bond acceptors (Lipinski definition) is 3. The van der Waals surface area contributed by atoms with Crippen LogP contribution in [0.4, 0.5) is 4.39 Å². The Morgan fingerprint density at radius 1 is 1.35 bits per heavy atom. The molecule has 4 heteroatoms. The summed E-state index contributed by atoms with van der Waals surface area (Å²) in [5.41, 5.74) is 0.466. The van der Waals surface area contributed by atoms with Crippen molar-refractivity contribution < 1.29 is 18.7 Å². The number of ether oxygens (including phenoxy) is 2. The van der Waals surface area contributed by atoms with Gasteiger partial charge in [0, 0.05) is 12.5 Å². The molecule has 94 valence electrons. The monoisotopic (exact) mass is 240 g/mol. The Balaban J connectivity index is 3.03. The molecule has 0 saturated heterocycles. The van der Waals surface area contributed by atoms with Crippen molar-refractivity contribution in [1.82, 2.24) is 0 Å². The van der Waals surface area contributed by atoms with Crippen LogP contribution < -0.4 is 9.47 Å². The van der Waals surface area contributed by atoms with Gasteiger partial charge in [0.2, 0.25) is 0 Å². The number of benzene rings is 1. The Kier molecular flexibility index (Phi) is 4.94. The molecule has 0 radical (unpaired) electrons. The number of hydrogen-bond donors (Lipinski definition) is 0. The molecule has 0 aliphatic rings. The predicted molar refractivity (Wildman–Crippen MR) is 63.1 cm³/mol. The van der Waals surface area contributed by atoms with Crippen molar-refractivity contribution in [2.75, 3.05) is 7.11 Å². The molecule has 0 bridgehead atoms. The smallest absolute Gasteiger partial charge is 0.163 e. The van der Waals surface area contributed by atoms with E-state index < -0.39 is 0 Å². The molecule has 0 saturated carbocycles. The van der Waals surface area contributed by atoms with E-state index in [0.29, 0.717) is 29.9 Å². The van der Waals surface area contributed by atoms with Crippen LogP contribution >= 0.6 is 0 Å². The van der Waals surface area contributed by atoms with Crippen molar-refractivity contribution in [3.05, 3.63) is 23.5 Å². The number of halogens is 1. The van der Waals surface area contributed by atoms with Gasteiger partial charge in [0.15, 0.2) is 11.5 Å². The van der Waals surface area contributed by atoms with Crippen molar-refractivity contribution in [2.45, 2.75) is 32.8 Å². The predicted octanol–water partition coefficient (Wildman–Crippen LogP) is 2.75. The number of aryl methyl sites for hydroxylation is 1. The van der Waals surface area contributed by atoms with Crippen molar-refractivity contribution in [1.29, 1.82) is 0 Å². The minimum absolute atomic E-state index is 0.0201. The minimum atomic E-state index is -0.375. The average molecular weight is 240 g/mol. The van der Waals surface area contributed by atoms with Crippen LogP contribution in [0.3, 0.4) is 0 Å². The highest BCUT2D eigenvalue weighted by molar-refractivity contribution is 5.51. The fourth-order valence-corrected chi connectivity index (χ4v) is 1.49. The maximum atomic E-state index is 13.6. The van der Waals surface area contributed by atoms with E-state index in [9.17, 15) is 9.18 Å². The van der Waals surface area contributed by atoms with E-state index >= 15 is 0 Å². The van der Waals surface area contributed by atoms with E-state index in [4.69, 9.17) is 9.47 Å². The van der Waals surface area contributed by atoms with Gasteiger partial charge in [-0.3, -0.25) is 0 Å². The van der Waals surface area contributed by atoms with Crippen LogP contribution in [-0.4, -0.2) is 19.5 Å². The first-order chi connectivity index (χ1) is 8.08. The molecule has 0 spiro atoms. The first-order valence-electron chi connectivity index (χ1n) is 5.55. The average Bonchev–Trinajstić information content (AvgIpc) is 2.28. The Labute approximate surface area is 101 Å². The molecule has 0 heterocycles. The van der Waals surface area contributed by atoms with Gasteiger partial charge in [-0.25, -0.2) is 4.39 Å². The fourth-order valence-electron chi connectivity index (χ4n) is 1.49. The van der Waals surface area contributed by atoms with E-state index in [0.717, 1.165) is 6.29 Å². The minimum Gasteiger partial charge on any atom is -0.493 e. The number of carbonyl (C=O) groups excluding carboxylic acids is 1. The highest BCUT2D eigenvalue weighted by Crippen LogP contribution is 2.31. The van der Waals surface area contributed by atoms with Gasteiger partial charge < -0.3 is 14.3 Å². The van der Waals surface area contributed by atoms with Gasteiger partial charge >= 0.3 is 0 Å². The van der Waals surface area contributed by atoms with Crippen LogP contribution in [0.1, 0.15) is 25.8 Å². The van der Waals surface area contributed by atoms with Crippen LogP contribution in [0, 0.1) is 5.82 Å². The molecule has 0 aliphatic heterocycles. The summed E-state index contributed by atoms with van der Waals surface area (Å²) in [7, 11) is 1.47. The molecule has 0 amide bonds.